The molecule has 1 heterocycles. The zero-order valence-corrected chi connectivity index (χ0v) is 10.4. The van der Waals surface area contributed by atoms with E-state index >= 15 is 0 Å². The number of aromatic nitrogens is 1. The molecule has 1 aromatic heterocycles. The Morgan fingerprint density at radius 2 is 2.37 bits per heavy atom. The number of nitrogens with zero attached hydrogens (tertiary/aromatic N) is 4. The van der Waals surface area contributed by atoms with Gasteiger partial charge in [-0.15, -0.1) is 0 Å². The van der Waals surface area contributed by atoms with Crippen molar-refractivity contribution in [1.29, 1.82) is 5.26 Å². The van der Waals surface area contributed by atoms with Crippen LogP contribution in [0.4, 0.5) is 11.5 Å². The lowest BCUT2D eigenvalue weighted by Crippen LogP contribution is -2.29. The minimum Gasteiger partial charge on any atom is -0.481 e. The number of hydrogen-bond acceptors (Lipinski definition) is 6. The smallest absolute Gasteiger partial charge is 0.308 e. The molecule has 8 nitrogen and oxygen atoms in total. The van der Waals surface area contributed by atoms with Gasteiger partial charge < -0.3 is 10.0 Å². The van der Waals surface area contributed by atoms with Crippen LogP contribution in [0.2, 0.25) is 0 Å². The van der Waals surface area contributed by atoms with Gasteiger partial charge in [-0.1, -0.05) is 6.92 Å². The van der Waals surface area contributed by atoms with Gasteiger partial charge in [-0.2, -0.15) is 5.26 Å². The molecule has 0 aliphatic carbocycles. The predicted molar refractivity (Wildman–Crippen MR) is 65.7 cm³/mol. The van der Waals surface area contributed by atoms with Crippen molar-refractivity contribution < 1.29 is 14.8 Å². The van der Waals surface area contributed by atoms with Crippen molar-refractivity contribution in [2.24, 2.45) is 5.92 Å². The molecular formula is C11H12N4O4. The molecule has 0 fully saturated rings. The minimum atomic E-state index is -0.965. The van der Waals surface area contributed by atoms with Crippen LogP contribution in [-0.2, 0) is 4.79 Å². The SMILES string of the molecule is CC(CN(C)c1ncc([N+](=O)[O-])cc1C#N)C(=O)O. The number of anilines is 1. The topological polar surface area (TPSA) is 120 Å². The molecule has 0 bridgehead atoms. The lowest BCUT2D eigenvalue weighted by molar-refractivity contribution is -0.385. The summed E-state index contributed by atoms with van der Waals surface area (Å²) in [4.78, 5) is 26.0. The standard InChI is InChI=1S/C11H12N4O4/c1-7(11(16)17)6-14(2)10-8(4-12)3-9(5-13-10)15(18)19/h3,5,7H,6H2,1-2H3,(H,16,17). The molecule has 0 saturated carbocycles. The molecule has 100 valence electrons. The summed E-state index contributed by atoms with van der Waals surface area (Å²) in [6.45, 7) is 1.67. The third-order valence-corrected chi connectivity index (χ3v) is 2.51. The van der Waals surface area contributed by atoms with Crippen molar-refractivity contribution in [1.82, 2.24) is 4.98 Å². The van der Waals surface area contributed by atoms with Gasteiger partial charge in [0.2, 0.25) is 0 Å². The van der Waals surface area contributed by atoms with Crippen LogP contribution in [0.25, 0.3) is 0 Å². The van der Waals surface area contributed by atoms with Crippen molar-refractivity contribution in [3.8, 4) is 6.07 Å². The molecule has 0 aromatic carbocycles. The Morgan fingerprint density at radius 3 is 2.84 bits per heavy atom. The normalized spacial score (nSPS) is 11.4. The summed E-state index contributed by atoms with van der Waals surface area (Å²) in [5.41, 5.74) is -0.241. The summed E-state index contributed by atoms with van der Waals surface area (Å²) in [6.07, 6.45) is 1.04. The van der Waals surface area contributed by atoms with Crippen LogP contribution in [0.5, 0.6) is 0 Å². The fourth-order valence-corrected chi connectivity index (χ4v) is 1.51. The molecule has 0 saturated heterocycles. The van der Waals surface area contributed by atoms with Crippen LogP contribution in [-0.4, -0.2) is 34.6 Å². The van der Waals surface area contributed by atoms with E-state index in [2.05, 4.69) is 4.98 Å². The second kappa shape index (κ2) is 5.77. The van der Waals surface area contributed by atoms with E-state index in [1.165, 1.54) is 11.8 Å². The molecule has 0 spiro atoms. The Kier molecular flexibility index (Phi) is 4.36. The fraction of sp³-hybridized carbons (Fsp3) is 0.364. The van der Waals surface area contributed by atoms with Crippen LogP contribution in [0.3, 0.4) is 0 Å². The van der Waals surface area contributed by atoms with Gasteiger partial charge >= 0.3 is 5.97 Å². The molecule has 0 aliphatic rings. The third-order valence-electron chi connectivity index (χ3n) is 2.51. The zero-order chi connectivity index (χ0) is 14.6. The van der Waals surface area contributed by atoms with E-state index in [9.17, 15) is 14.9 Å². The molecule has 1 aromatic rings. The summed E-state index contributed by atoms with van der Waals surface area (Å²) in [5.74, 6) is -1.39. The fourth-order valence-electron chi connectivity index (χ4n) is 1.51. The Labute approximate surface area is 109 Å². The maximum absolute atomic E-state index is 10.8. The zero-order valence-electron chi connectivity index (χ0n) is 10.4. The lowest BCUT2D eigenvalue weighted by atomic mass is 10.1. The van der Waals surface area contributed by atoms with E-state index in [-0.39, 0.29) is 23.6 Å². The molecular weight excluding hydrogens is 252 g/mol. The van der Waals surface area contributed by atoms with Crippen molar-refractivity contribution in [3.05, 3.63) is 27.9 Å². The first-order valence-electron chi connectivity index (χ1n) is 5.35. The molecule has 19 heavy (non-hydrogen) atoms. The van der Waals surface area contributed by atoms with Gasteiger partial charge in [0.25, 0.3) is 5.69 Å². The maximum atomic E-state index is 10.8. The summed E-state index contributed by atoms with van der Waals surface area (Å²) in [5, 5.41) is 28.4. The van der Waals surface area contributed by atoms with E-state index in [4.69, 9.17) is 10.4 Å². The Morgan fingerprint density at radius 1 is 1.74 bits per heavy atom. The Balaban J connectivity index is 3.04. The van der Waals surface area contributed by atoms with Crippen LogP contribution in [0.1, 0.15) is 12.5 Å². The van der Waals surface area contributed by atoms with Gasteiger partial charge in [0.15, 0.2) is 0 Å². The molecule has 8 heteroatoms. The number of pyridine rings is 1. The maximum Gasteiger partial charge on any atom is 0.308 e. The number of carbonyl (C=O) groups is 1. The largest absolute Gasteiger partial charge is 0.481 e. The quantitative estimate of drug-likeness (QED) is 0.622. The highest BCUT2D eigenvalue weighted by molar-refractivity contribution is 5.70. The van der Waals surface area contributed by atoms with E-state index in [1.807, 2.05) is 6.07 Å². The second-order valence-electron chi connectivity index (χ2n) is 4.05. The second-order valence-corrected chi connectivity index (χ2v) is 4.05. The van der Waals surface area contributed by atoms with Crippen molar-refractivity contribution in [2.45, 2.75) is 6.92 Å². The van der Waals surface area contributed by atoms with Crippen molar-refractivity contribution >= 4 is 17.5 Å². The molecule has 0 aliphatic heterocycles. The van der Waals surface area contributed by atoms with Crippen LogP contribution >= 0.6 is 0 Å². The number of hydrogen-bond donors (Lipinski definition) is 1. The highest BCUT2D eigenvalue weighted by Gasteiger charge is 2.19. The van der Waals surface area contributed by atoms with E-state index in [1.54, 1.807) is 7.05 Å². The van der Waals surface area contributed by atoms with E-state index in [0.717, 1.165) is 12.3 Å². The minimum absolute atomic E-state index is 0.0364. The van der Waals surface area contributed by atoms with Gasteiger partial charge in [-0.3, -0.25) is 14.9 Å². The lowest BCUT2D eigenvalue weighted by Gasteiger charge is -2.20. The number of carboxylic acids is 1. The molecule has 1 rings (SSSR count). The molecule has 1 unspecified atom stereocenters. The van der Waals surface area contributed by atoms with Gasteiger partial charge in [0.05, 0.1) is 10.8 Å². The van der Waals surface area contributed by atoms with Crippen LogP contribution in [0, 0.1) is 27.4 Å². The summed E-state index contributed by atoms with van der Waals surface area (Å²) in [6, 6.07) is 2.93. The predicted octanol–water partition coefficient (Wildman–Crippen LogP) is 1.02. The number of nitriles is 1. The van der Waals surface area contributed by atoms with Crippen LogP contribution in [0.15, 0.2) is 12.3 Å². The number of aliphatic carboxylic acids is 1. The Bertz CT molecular complexity index is 552. The summed E-state index contributed by atoms with van der Waals surface area (Å²) < 4.78 is 0. The summed E-state index contributed by atoms with van der Waals surface area (Å²) >= 11 is 0. The number of rotatable bonds is 5. The highest BCUT2D eigenvalue weighted by atomic mass is 16.6. The van der Waals surface area contributed by atoms with Gasteiger partial charge in [0.1, 0.15) is 23.6 Å². The molecule has 0 radical (unpaired) electrons. The van der Waals surface area contributed by atoms with Gasteiger partial charge in [-0.05, 0) is 0 Å². The van der Waals surface area contributed by atoms with E-state index < -0.39 is 16.8 Å². The van der Waals surface area contributed by atoms with Gasteiger partial charge in [0, 0.05) is 19.7 Å². The highest BCUT2D eigenvalue weighted by Crippen LogP contribution is 2.21. The molecule has 0 amide bonds. The Hall–Kier alpha value is -2.69. The van der Waals surface area contributed by atoms with E-state index in [0.29, 0.717) is 0 Å². The molecule has 1 N–H and O–H groups in total. The van der Waals surface area contributed by atoms with Crippen LogP contribution < -0.4 is 4.90 Å². The third kappa shape index (κ3) is 3.38. The molecule has 1 atom stereocenters. The average Bonchev–Trinajstić information content (AvgIpc) is 2.37. The van der Waals surface area contributed by atoms with Crippen molar-refractivity contribution in [3.63, 3.8) is 0 Å². The first-order valence-corrected chi connectivity index (χ1v) is 5.35. The van der Waals surface area contributed by atoms with Crippen molar-refractivity contribution in [2.75, 3.05) is 18.5 Å². The number of carboxylic acid groups (broad SMARTS) is 1. The number of nitro groups is 1. The summed E-state index contributed by atoms with van der Waals surface area (Å²) in [7, 11) is 1.58. The van der Waals surface area contributed by atoms with Gasteiger partial charge in [-0.25, -0.2) is 4.98 Å². The average molecular weight is 264 g/mol. The first-order chi connectivity index (χ1) is 8.86. The first kappa shape index (κ1) is 14.4. The monoisotopic (exact) mass is 264 g/mol.